The minimum atomic E-state index is -0.00257. The standard InChI is InChI=1S/C22H27NO4/c1-25-17-10-8-16(9-11-17)20-7-5-4-6-14-23(20)22(24)19-13-12-18(26-2)15-21(19)27-3/h8-13,15,20H,4-7,14H2,1-3H3. The molecule has 27 heavy (non-hydrogen) atoms. The molecule has 0 aromatic heterocycles. The molecule has 144 valence electrons. The largest absolute Gasteiger partial charge is 0.497 e. The number of nitrogens with zero attached hydrogens (tertiary/aromatic N) is 1. The van der Waals surface area contributed by atoms with E-state index in [1.165, 1.54) is 0 Å². The van der Waals surface area contributed by atoms with Crippen LogP contribution in [0.15, 0.2) is 42.5 Å². The Balaban J connectivity index is 1.94. The fourth-order valence-corrected chi connectivity index (χ4v) is 3.65. The van der Waals surface area contributed by atoms with E-state index in [4.69, 9.17) is 14.2 Å². The minimum absolute atomic E-state index is 0.00257. The Hall–Kier alpha value is -2.69. The van der Waals surface area contributed by atoms with Crippen molar-refractivity contribution in [2.75, 3.05) is 27.9 Å². The molecule has 1 heterocycles. The monoisotopic (exact) mass is 369 g/mol. The van der Waals surface area contributed by atoms with Gasteiger partial charge in [-0.3, -0.25) is 4.79 Å². The second-order valence-electron chi connectivity index (χ2n) is 6.70. The number of hydrogen-bond acceptors (Lipinski definition) is 4. The summed E-state index contributed by atoms with van der Waals surface area (Å²) in [6, 6.07) is 13.4. The molecule has 0 radical (unpaired) electrons. The Morgan fingerprint density at radius 2 is 1.59 bits per heavy atom. The molecule has 1 atom stereocenters. The van der Waals surface area contributed by atoms with E-state index in [2.05, 4.69) is 12.1 Å². The number of benzene rings is 2. The van der Waals surface area contributed by atoms with Gasteiger partial charge in [0.2, 0.25) is 0 Å². The van der Waals surface area contributed by atoms with E-state index in [-0.39, 0.29) is 11.9 Å². The van der Waals surface area contributed by atoms with Crippen LogP contribution < -0.4 is 14.2 Å². The molecule has 1 fully saturated rings. The van der Waals surface area contributed by atoms with Gasteiger partial charge in [0.1, 0.15) is 17.2 Å². The Morgan fingerprint density at radius 1 is 0.889 bits per heavy atom. The average Bonchev–Trinajstić information content (AvgIpc) is 2.99. The van der Waals surface area contributed by atoms with Gasteiger partial charge in [-0.1, -0.05) is 25.0 Å². The van der Waals surface area contributed by atoms with Crippen molar-refractivity contribution in [3.05, 3.63) is 53.6 Å². The van der Waals surface area contributed by atoms with Gasteiger partial charge in [-0.2, -0.15) is 0 Å². The second-order valence-corrected chi connectivity index (χ2v) is 6.70. The number of methoxy groups -OCH3 is 3. The molecule has 1 aliphatic rings. The first kappa shape index (κ1) is 19.1. The van der Waals surface area contributed by atoms with Crippen LogP contribution in [0.1, 0.15) is 47.6 Å². The predicted octanol–water partition coefficient (Wildman–Crippen LogP) is 4.47. The first-order valence-corrected chi connectivity index (χ1v) is 9.35. The van der Waals surface area contributed by atoms with Crippen molar-refractivity contribution in [3.63, 3.8) is 0 Å². The van der Waals surface area contributed by atoms with E-state index in [0.717, 1.165) is 43.5 Å². The molecule has 0 saturated carbocycles. The first-order valence-electron chi connectivity index (χ1n) is 9.35. The predicted molar refractivity (Wildman–Crippen MR) is 105 cm³/mol. The minimum Gasteiger partial charge on any atom is -0.497 e. The van der Waals surface area contributed by atoms with Crippen molar-refractivity contribution in [2.45, 2.75) is 31.7 Å². The number of carbonyl (C=O) groups excluding carboxylic acids is 1. The Labute approximate surface area is 160 Å². The Bertz CT molecular complexity index is 772. The highest BCUT2D eigenvalue weighted by molar-refractivity contribution is 5.97. The van der Waals surface area contributed by atoms with Gasteiger partial charge in [0.15, 0.2) is 0 Å². The second kappa shape index (κ2) is 8.80. The zero-order chi connectivity index (χ0) is 19.2. The van der Waals surface area contributed by atoms with Crippen LogP contribution in [0.3, 0.4) is 0 Å². The van der Waals surface area contributed by atoms with Crippen molar-refractivity contribution < 1.29 is 19.0 Å². The molecule has 0 aliphatic carbocycles. The van der Waals surface area contributed by atoms with Crippen LogP contribution in [0.25, 0.3) is 0 Å². The zero-order valence-electron chi connectivity index (χ0n) is 16.2. The summed E-state index contributed by atoms with van der Waals surface area (Å²) in [5.74, 6) is 2.03. The fourth-order valence-electron chi connectivity index (χ4n) is 3.65. The zero-order valence-corrected chi connectivity index (χ0v) is 16.2. The van der Waals surface area contributed by atoms with Gasteiger partial charge in [-0.15, -0.1) is 0 Å². The molecule has 5 heteroatoms. The van der Waals surface area contributed by atoms with Crippen molar-refractivity contribution in [1.29, 1.82) is 0 Å². The van der Waals surface area contributed by atoms with Gasteiger partial charge in [0.05, 0.1) is 32.9 Å². The van der Waals surface area contributed by atoms with E-state index in [9.17, 15) is 4.79 Å². The van der Waals surface area contributed by atoms with Crippen LogP contribution in [-0.2, 0) is 0 Å². The SMILES string of the molecule is COc1ccc(C2CCCCCN2C(=O)c2ccc(OC)cc2OC)cc1. The molecule has 0 N–H and O–H groups in total. The first-order chi connectivity index (χ1) is 13.2. The van der Waals surface area contributed by atoms with Gasteiger partial charge >= 0.3 is 0 Å². The van der Waals surface area contributed by atoms with Gasteiger partial charge in [0.25, 0.3) is 5.91 Å². The Kier molecular flexibility index (Phi) is 6.22. The molecule has 3 rings (SSSR count). The van der Waals surface area contributed by atoms with E-state index in [1.807, 2.05) is 17.0 Å². The van der Waals surface area contributed by atoms with Gasteiger partial charge in [-0.25, -0.2) is 0 Å². The maximum atomic E-state index is 13.4. The summed E-state index contributed by atoms with van der Waals surface area (Å²) in [4.78, 5) is 15.4. The lowest BCUT2D eigenvalue weighted by atomic mass is 9.99. The van der Waals surface area contributed by atoms with Gasteiger partial charge < -0.3 is 19.1 Å². The number of amides is 1. The summed E-state index contributed by atoms with van der Waals surface area (Å²) < 4.78 is 16.0. The van der Waals surface area contributed by atoms with Crippen LogP contribution in [0.2, 0.25) is 0 Å². The highest BCUT2D eigenvalue weighted by Crippen LogP contribution is 2.34. The van der Waals surface area contributed by atoms with Crippen molar-refractivity contribution in [1.82, 2.24) is 4.90 Å². The van der Waals surface area contributed by atoms with Crippen molar-refractivity contribution >= 4 is 5.91 Å². The summed E-state index contributed by atoms with van der Waals surface area (Å²) in [5, 5.41) is 0. The van der Waals surface area contributed by atoms with Crippen LogP contribution in [0.5, 0.6) is 17.2 Å². The van der Waals surface area contributed by atoms with Crippen molar-refractivity contribution in [2.24, 2.45) is 0 Å². The molecule has 2 aromatic carbocycles. The summed E-state index contributed by atoms with van der Waals surface area (Å²) in [7, 11) is 4.84. The number of ether oxygens (including phenoxy) is 3. The van der Waals surface area contributed by atoms with E-state index < -0.39 is 0 Å². The molecular formula is C22H27NO4. The molecule has 1 aliphatic heterocycles. The molecular weight excluding hydrogens is 342 g/mol. The smallest absolute Gasteiger partial charge is 0.258 e. The topological polar surface area (TPSA) is 48.0 Å². The molecule has 2 aromatic rings. The third-order valence-electron chi connectivity index (χ3n) is 5.15. The van der Waals surface area contributed by atoms with Crippen molar-refractivity contribution in [3.8, 4) is 17.2 Å². The van der Waals surface area contributed by atoms with Gasteiger partial charge in [-0.05, 0) is 42.7 Å². The average molecular weight is 369 g/mol. The lowest BCUT2D eigenvalue weighted by molar-refractivity contribution is 0.0677. The van der Waals surface area contributed by atoms with Crippen LogP contribution in [-0.4, -0.2) is 38.7 Å². The van der Waals surface area contributed by atoms with E-state index in [1.54, 1.807) is 39.5 Å². The summed E-state index contributed by atoms with van der Waals surface area (Å²) in [5.41, 5.74) is 1.71. The maximum absolute atomic E-state index is 13.4. The third-order valence-corrected chi connectivity index (χ3v) is 5.15. The lowest BCUT2D eigenvalue weighted by Gasteiger charge is -2.31. The summed E-state index contributed by atoms with van der Waals surface area (Å²) in [6.45, 7) is 0.741. The fraction of sp³-hybridized carbons (Fsp3) is 0.409. The lowest BCUT2D eigenvalue weighted by Crippen LogP contribution is -2.35. The molecule has 1 saturated heterocycles. The number of rotatable bonds is 5. The summed E-state index contributed by atoms with van der Waals surface area (Å²) >= 11 is 0. The number of hydrogen-bond donors (Lipinski definition) is 0. The highest BCUT2D eigenvalue weighted by atomic mass is 16.5. The maximum Gasteiger partial charge on any atom is 0.258 e. The molecule has 0 bridgehead atoms. The normalized spacial score (nSPS) is 17.1. The number of likely N-dealkylation sites (tertiary alicyclic amines) is 1. The molecule has 1 unspecified atom stereocenters. The molecule has 0 spiro atoms. The third kappa shape index (κ3) is 4.18. The molecule has 5 nitrogen and oxygen atoms in total. The van der Waals surface area contributed by atoms with Crippen LogP contribution >= 0.6 is 0 Å². The van der Waals surface area contributed by atoms with E-state index >= 15 is 0 Å². The summed E-state index contributed by atoms with van der Waals surface area (Å²) in [6.07, 6.45) is 4.21. The van der Waals surface area contributed by atoms with Crippen LogP contribution in [0.4, 0.5) is 0 Å². The van der Waals surface area contributed by atoms with E-state index in [0.29, 0.717) is 17.1 Å². The van der Waals surface area contributed by atoms with Gasteiger partial charge in [0, 0.05) is 12.6 Å². The molecule has 1 amide bonds. The Morgan fingerprint density at radius 3 is 2.26 bits per heavy atom. The number of carbonyl (C=O) groups is 1. The van der Waals surface area contributed by atoms with Crippen LogP contribution in [0, 0.1) is 0 Å². The quantitative estimate of drug-likeness (QED) is 0.780. The highest BCUT2D eigenvalue weighted by Gasteiger charge is 2.29.